The maximum absolute atomic E-state index is 13.4. The third-order valence-electron chi connectivity index (χ3n) is 15.2. The summed E-state index contributed by atoms with van der Waals surface area (Å²) in [6.07, 6.45) is 12.5. The molecular formula is C37H58O3S. The molecule has 1 aromatic rings. The molecule has 3 nitrogen and oxygen atoms in total. The normalized spacial score (nSPS) is 47.3. The van der Waals surface area contributed by atoms with Gasteiger partial charge in [0.15, 0.2) is 0 Å². The van der Waals surface area contributed by atoms with Crippen LogP contribution in [0.3, 0.4) is 0 Å². The first kappa shape index (κ1) is 30.2. The molecule has 0 saturated heterocycles. The van der Waals surface area contributed by atoms with Crippen LogP contribution in [0.4, 0.5) is 0 Å². The lowest BCUT2D eigenvalue weighted by molar-refractivity contribution is -0.246. The van der Waals surface area contributed by atoms with Gasteiger partial charge in [-0.15, -0.1) is 0 Å². The first-order valence-corrected chi connectivity index (χ1v) is 18.4. The van der Waals surface area contributed by atoms with Gasteiger partial charge in [0.1, 0.15) is 0 Å². The van der Waals surface area contributed by atoms with Crippen LogP contribution in [0.5, 0.6) is 0 Å². The van der Waals surface area contributed by atoms with Crippen LogP contribution in [0.15, 0.2) is 29.2 Å². The van der Waals surface area contributed by atoms with E-state index in [1.807, 2.05) is 19.1 Å². The van der Waals surface area contributed by atoms with Crippen molar-refractivity contribution < 1.29 is 12.6 Å². The number of aryl methyl sites for hydroxylation is 1. The fourth-order valence-electron chi connectivity index (χ4n) is 12.8. The van der Waals surface area contributed by atoms with E-state index in [1.165, 1.54) is 51.4 Å². The number of hydrogen-bond donors (Lipinski definition) is 0. The highest BCUT2D eigenvalue weighted by Crippen LogP contribution is 2.77. The van der Waals surface area contributed by atoms with Crippen molar-refractivity contribution in [2.75, 3.05) is 0 Å². The van der Waals surface area contributed by atoms with Crippen LogP contribution in [0.1, 0.15) is 125 Å². The Bertz CT molecular complexity index is 1270. The van der Waals surface area contributed by atoms with Crippen molar-refractivity contribution in [2.24, 2.45) is 62.6 Å². The molecule has 0 aliphatic heterocycles. The average Bonchev–Trinajstić information content (AvgIpc) is 3.24. The second kappa shape index (κ2) is 9.56. The van der Waals surface area contributed by atoms with E-state index in [-0.39, 0.29) is 21.8 Å². The number of benzene rings is 1. The molecule has 0 radical (unpaired) electrons. The largest absolute Gasteiger partial charge is 0.297 e. The Hall–Kier alpha value is -0.870. The molecule has 230 valence electrons. The summed E-state index contributed by atoms with van der Waals surface area (Å²) in [6.45, 7) is 22.3. The minimum atomic E-state index is -3.79. The van der Waals surface area contributed by atoms with Gasteiger partial charge in [-0.1, -0.05) is 73.1 Å². The van der Waals surface area contributed by atoms with Crippen LogP contribution in [0, 0.1) is 69.5 Å². The van der Waals surface area contributed by atoms with E-state index in [0.29, 0.717) is 28.1 Å². The van der Waals surface area contributed by atoms with E-state index in [0.717, 1.165) is 42.1 Å². The summed E-state index contributed by atoms with van der Waals surface area (Å²) in [7, 11) is -3.79. The molecule has 5 saturated carbocycles. The lowest BCUT2D eigenvalue weighted by Crippen LogP contribution is -2.66. The van der Waals surface area contributed by atoms with Crippen LogP contribution in [-0.2, 0) is 14.3 Å². The zero-order valence-corrected chi connectivity index (χ0v) is 28.4. The highest BCUT2D eigenvalue weighted by Gasteiger charge is 2.70. The van der Waals surface area contributed by atoms with E-state index in [9.17, 15) is 8.42 Å². The van der Waals surface area contributed by atoms with Crippen molar-refractivity contribution in [1.82, 2.24) is 0 Å². The molecule has 6 rings (SSSR count). The molecule has 41 heavy (non-hydrogen) atoms. The van der Waals surface area contributed by atoms with Gasteiger partial charge in [-0.05, 0) is 146 Å². The number of hydrogen-bond acceptors (Lipinski definition) is 3. The minimum Gasteiger partial charge on any atom is -0.262 e. The third-order valence-corrected chi connectivity index (χ3v) is 16.6. The van der Waals surface area contributed by atoms with Gasteiger partial charge >= 0.3 is 0 Å². The second-order valence-electron chi connectivity index (χ2n) is 17.5. The molecule has 5 fully saturated rings. The van der Waals surface area contributed by atoms with Crippen molar-refractivity contribution in [3.63, 3.8) is 0 Å². The molecule has 0 aromatic heterocycles. The Kier molecular flexibility index (Phi) is 7.04. The highest BCUT2D eigenvalue weighted by atomic mass is 32.2. The lowest BCUT2D eigenvalue weighted by atomic mass is 9.32. The van der Waals surface area contributed by atoms with Crippen molar-refractivity contribution in [1.29, 1.82) is 0 Å². The summed E-state index contributed by atoms with van der Waals surface area (Å²) in [6, 6.07) is 7.11. The van der Waals surface area contributed by atoms with Crippen LogP contribution >= 0.6 is 0 Å². The molecule has 0 spiro atoms. The predicted molar refractivity (Wildman–Crippen MR) is 168 cm³/mol. The van der Waals surface area contributed by atoms with E-state index in [2.05, 4.69) is 55.4 Å². The summed E-state index contributed by atoms with van der Waals surface area (Å²) >= 11 is 0. The van der Waals surface area contributed by atoms with Gasteiger partial charge in [0.2, 0.25) is 0 Å². The summed E-state index contributed by atoms with van der Waals surface area (Å²) in [5, 5.41) is 0. The highest BCUT2D eigenvalue weighted by molar-refractivity contribution is 7.86. The quantitative estimate of drug-likeness (QED) is 0.332. The molecule has 4 heteroatoms. The maximum atomic E-state index is 13.4. The monoisotopic (exact) mass is 582 g/mol. The van der Waals surface area contributed by atoms with Gasteiger partial charge in [-0.3, -0.25) is 4.18 Å². The van der Waals surface area contributed by atoms with Crippen molar-refractivity contribution >= 4 is 10.1 Å². The Morgan fingerprint density at radius 3 is 2.10 bits per heavy atom. The van der Waals surface area contributed by atoms with E-state index in [1.54, 1.807) is 12.1 Å². The lowest BCUT2D eigenvalue weighted by Gasteiger charge is -2.73. The topological polar surface area (TPSA) is 43.4 Å². The van der Waals surface area contributed by atoms with Crippen LogP contribution in [0.25, 0.3) is 0 Å². The number of fused-ring (bicyclic) bond motifs is 7. The number of rotatable bonds is 4. The van der Waals surface area contributed by atoms with Crippen molar-refractivity contribution in [2.45, 2.75) is 138 Å². The van der Waals surface area contributed by atoms with Crippen LogP contribution in [0.2, 0.25) is 0 Å². The Morgan fingerprint density at radius 1 is 0.756 bits per heavy atom. The van der Waals surface area contributed by atoms with Gasteiger partial charge in [-0.2, -0.15) is 8.42 Å². The molecule has 0 bridgehead atoms. The summed E-state index contributed by atoms with van der Waals surface area (Å²) in [5.74, 6) is 4.59. The van der Waals surface area contributed by atoms with Crippen LogP contribution in [-0.4, -0.2) is 14.5 Å². The molecule has 0 amide bonds. The van der Waals surface area contributed by atoms with Gasteiger partial charge < -0.3 is 0 Å². The van der Waals surface area contributed by atoms with Gasteiger partial charge in [0.05, 0.1) is 11.0 Å². The Morgan fingerprint density at radius 2 is 1.44 bits per heavy atom. The zero-order chi connectivity index (χ0) is 29.8. The first-order chi connectivity index (χ1) is 19.0. The standard InChI is InChI=1S/C37H58O3S/c1-24(2)27-16-19-34(6)22-23-36(8)28(32(27)34)14-15-30-35(7)20-18-31(33(4,5)29(35)17-21-37(30,36)9)40-41(38,39)26-12-10-25(3)11-13-26/h10-13,24,27-32H,14-23H2,1-9H3/t27-,28+,29-,30-,31+,32+,34-,35-,36+,37-/m0/s1. The van der Waals surface area contributed by atoms with E-state index >= 15 is 0 Å². The first-order valence-electron chi connectivity index (χ1n) is 17.0. The fraction of sp³-hybridized carbons (Fsp3) is 0.838. The smallest absolute Gasteiger partial charge is 0.262 e. The molecular weight excluding hydrogens is 524 g/mol. The van der Waals surface area contributed by atoms with E-state index < -0.39 is 10.1 Å². The van der Waals surface area contributed by atoms with Crippen molar-refractivity contribution in [3.05, 3.63) is 29.8 Å². The third kappa shape index (κ3) is 4.22. The Labute approximate surface area is 252 Å². The molecule has 0 heterocycles. The second-order valence-corrected chi connectivity index (χ2v) is 19.1. The van der Waals surface area contributed by atoms with Crippen molar-refractivity contribution in [3.8, 4) is 0 Å². The molecule has 0 N–H and O–H groups in total. The summed E-state index contributed by atoms with van der Waals surface area (Å²) in [5.41, 5.74) is 2.39. The molecule has 5 aliphatic carbocycles. The fourth-order valence-corrected chi connectivity index (χ4v) is 14.0. The summed E-state index contributed by atoms with van der Waals surface area (Å²) in [4.78, 5) is 0.283. The SMILES string of the molecule is Cc1ccc(S(=O)(=O)O[C@@H]2CC[C@@]3(C)[C@@H](CC[C@@]4(C)[C@H]3CC[C@@H]3[C@H]5[C@H](C(C)C)CC[C@@]5(C)CC[C@]34C)C2(C)C)cc1. The average molecular weight is 583 g/mol. The van der Waals surface area contributed by atoms with E-state index in [4.69, 9.17) is 4.18 Å². The maximum Gasteiger partial charge on any atom is 0.297 e. The Balaban J connectivity index is 1.28. The van der Waals surface area contributed by atoms with Crippen LogP contribution < -0.4 is 0 Å². The van der Waals surface area contributed by atoms with Gasteiger partial charge in [0.25, 0.3) is 10.1 Å². The van der Waals surface area contributed by atoms with Gasteiger partial charge in [0, 0.05) is 0 Å². The predicted octanol–water partition coefficient (Wildman–Crippen LogP) is 9.83. The summed E-state index contributed by atoms with van der Waals surface area (Å²) < 4.78 is 32.9. The molecule has 1 aromatic carbocycles. The van der Waals surface area contributed by atoms with Gasteiger partial charge in [-0.25, -0.2) is 0 Å². The molecule has 5 aliphatic rings. The zero-order valence-electron chi connectivity index (χ0n) is 27.6. The molecule has 0 unspecified atom stereocenters. The minimum absolute atomic E-state index is 0.191. The molecule has 10 atom stereocenters.